The van der Waals surface area contributed by atoms with Gasteiger partial charge in [-0.25, -0.2) is 4.79 Å². The number of amides is 2. The minimum absolute atomic E-state index is 0.0137. The molecule has 0 saturated heterocycles. The maximum atomic E-state index is 12.8. The highest BCUT2D eigenvalue weighted by Gasteiger charge is 2.50. The monoisotopic (exact) mass is 462 g/mol. The lowest BCUT2D eigenvalue weighted by molar-refractivity contribution is -0.141. The fourth-order valence-electron chi connectivity index (χ4n) is 6.01. The van der Waals surface area contributed by atoms with Gasteiger partial charge in [0, 0.05) is 12.0 Å². The predicted octanol–water partition coefficient (Wildman–Crippen LogP) is 3.92. The van der Waals surface area contributed by atoms with Crippen molar-refractivity contribution in [2.24, 2.45) is 17.8 Å². The van der Waals surface area contributed by atoms with Gasteiger partial charge < -0.3 is 20.5 Å². The van der Waals surface area contributed by atoms with E-state index in [9.17, 15) is 19.5 Å². The van der Waals surface area contributed by atoms with Gasteiger partial charge in [-0.15, -0.1) is 0 Å². The van der Waals surface area contributed by atoms with Crippen molar-refractivity contribution in [1.82, 2.24) is 10.6 Å². The van der Waals surface area contributed by atoms with Crippen LogP contribution in [-0.4, -0.2) is 41.8 Å². The summed E-state index contributed by atoms with van der Waals surface area (Å²) >= 11 is 0. The minimum Gasteiger partial charge on any atom is -0.481 e. The molecular weight excluding hydrogens is 432 g/mol. The lowest BCUT2D eigenvalue weighted by Gasteiger charge is -2.41. The molecule has 2 amide bonds. The summed E-state index contributed by atoms with van der Waals surface area (Å²) in [6.07, 6.45) is 1.95. The van der Waals surface area contributed by atoms with Gasteiger partial charge in [-0.3, -0.25) is 9.59 Å². The van der Waals surface area contributed by atoms with Crippen molar-refractivity contribution in [3.05, 3.63) is 59.7 Å². The Kier molecular flexibility index (Phi) is 6.02. The molecule has 0 radical (unpaired) electrons. The second-order valence-electron chi connectivity index (χ2n) is 9.71. The average Bonchev–Trinajstić information content (AvgIpc) is 3.34. The second-order valence-corrected chi connectivity index (χ2v) is 9.71. The third-order valence-electron chi connectivity index (χ3n) is 7.86. The Morgan fingerprint density at radius 3 is 2.26 bits per heavy atom. The summed E-state index contributed by atoms with van der Waals surface area (Å²) in [6, 6.07) is 15.6. The smallest absolute Gasteiger partial charge is 0.407 e. The molecule has 3 aliphatic rings. The van der Waals surface area contributed by atoms with E-state index in [1.54, 1.807) is 0 Å². The molecule has 0 heterocycles. The summed E-state index contributed by atoms with van der Waals surface area (Å²) < 4.78 is 5.58. The Morgan fingerprint density at radius 1 is 1.00 bits per heavy atom. The topological polar surface area (TPSA) is 105 Å². The lowest BCUT2D eigenvalue weighted by atomic mass is 9.71. The number of hydrogen-bond acceptors (Lipinski definition) is 4. The number of hydrogen-bond donors (Lipinski definition) is 3. The van der Waals surface area contributed by atoms with Crippen molar-refractivity contribution in [3.8, 4) is 11.1 Å². The van der Waals surface area contributed by atoms with Crippen LogP contribution in [0.4, 0.5) is 4.79 Å². The third-order valence-corrected chi connectivity index (χ3v) is 7.86. The molecule has 5 unspecified atom stereocenters. The van der Waals surface area contributed by atoms with E-state index in [-0.39, 0.29) is 36.3 Å². The highest BCUT2D eigenvalue weighted by molar-refractivity contribution is 5.86. The standard InChI is InChI=1S/C27H30N2O5/c1-2-23(25(30)28-24-13-15-11-16(26(31)32)12-21(15)24)29-27(33)34-14-22-19-9-5-3-7-17(19)18-8-4-6-10-20(18)22/h3-10,15-16,21-24H,2,11-14H2,1H3,(H,28,30)(H,29,33)(H,31,32). The zero-order chi connectivity index (χ0) is 23.8. The van der Waals surface area contributed by atoms with Crippen LogP contribution in [0.3, 0.4) is 0 Å². The van der Waals surface area contributed by atoms with Gasteiger partial charge in [0.05, 0.1) is 5.92 Å². The van der Waals surface area contributed by atoms with E-state index in [0.29, 0.717) is 25.2 Å². The number of nitrogens with one attached hydrogen (secondary N) is 2. The molecule has 7 nitrogen and oxygen atoms in total. The van der Waals surface area contributed by atoms with E-state index in [4.69, 9.17) is 4.74 Å². The maximum absolute atomic E-state index is 12.8. The molecule has 7 heteroatoms. The molecule has 3 aliphatic carbocycles. The fraction of sp³-hybridized carbons (Fsp3) is 0.444. The van der Waals surface area contributed by atoms with Crippen LogP contribution in [-0.2, 0) is 14.3 Å². The van der Waals surface area contributed by atoms with Gasteiger partial charge in [0.2, 0.25) is 5.91 Å². The summed E-state index contributed by atoms with van der Waals surface area (Å²) in [4.78, 5) is 36.7. The molecule has 5 rings (SSSR count). The van der Waals surface area contributed by atoms with Crippen LogP contribution >= 0.6 is 0 Å². The Labute approximate surface area is 198 Å². The maximum Gasteiger partial charge on any atom is 0.407 e. The highest BCUT2D eigenvalue weighted by atomic mass is 16.5. The lowest BCUT2D eigenvalue weighted by Crippen LogP contribution is -2.55. The van der Waals surface area contributed by atoms with E-state index >= 15 is 0 Å². The number of ether oxygens (including phenoxy) is 1. The number of fused-ring (bicyclic) bond motifs is 4. The Bertz CT molecular complexity index is 1070. The molecule has 3 N–H and O–H groups in total. The molecule has 2 fully saturated rings. The van der Waals surface area contributed by atoms with E-state index in [0.717, 1.165) is 28.7 Å². The first-order chi connectivity index (χ1) is 16.5. The molecule has 2 aromatic rings. The van der Waals surface area contributed by atoms with Gasteiger partial charge in [-0.2, -0.15) is 0 Å². The zero-order valence-corrected chi connectivity index (χ0v) is 19.2. The van der Waals surface area contributed by atoms with Gasteiger partial charge in [-0.1, -0.05) is 55.5 Å². The van der Waals surface area contributed by atoms with Crippen LogP contribution in [0.5, 0.6) is 0 Å². The van der Waals surface area contributed by atoms with E-state index in [1.165, 1.54) is 0 Å². The van der Waals surface area contributed by atoms with Crippen molar-refractivity contribution in [2.75, 3.05) is 6.61 Å². The van der Waals surface area contributed by atoms with E-state index < -0.39 is 18.1 Å². The Balaban J connectivity index is 1.15. The van der Waals surface area contributed by atoms with Gasteiger partial charge in [-0.05, 0) is 59.8 Å². The zero-order valence-electron chi connectivity index (χ0n) is 19.2. The molecule has 178 valence electrons. The molecule has 0 spiro atoms. The first kappa shape index (κ1) is 22.4. The number of aliphatic carboxylic acids is 1. The SMILES string of the molecule is CCC(NC(=O)OCC1c2ccccc2-c2ccccc21)C(=O)NC1CC2CC(C(=O)O)CC21. The van der Waals surface area contributed by atoms with Crippen LogP contribution < -0.4 is 10.6 Å². The van der Waals surface area contributed by atoms with Crippen LogP contribution in [0.25, 0.3) is 11.1 Å². The van der Waals surface area contributed by atoms with Crippen LogP contribution in [0, 0.1) is 17.8 Å². The number of alkyl carbamates (subject to hydrolysis) is 1. The summed E-state index contributed by atoms with van der Waals surface area (Å²) in [5.41, 5.74) is 4.59. The van der Waals surface area contributed by atoms with Gasteiger partial charge >= 0.3 is 12.1 Å². The van der Waals surface area contributed by atoms with E-state index in [2.05, 4.69) is 34.9 Å². The van der Waals surface area contributed by atoms with Crippen LogP contribution in [0.2, 0.25) is 0 Å². The molecule has 0 aliphatic heterocycles. The number of benzene rings is 2. The number of rotatable bonds is 7. The van der Waals surface area contributed by atoms with Crippen LogP contribution in [0.1, 0.15) is 49.7 Å². The van der Waals surface area contributed by atoms with Crippen molar-refractivity contribution >= 4 is 18.0 Å². The average molecular weight is 463 g/mol. The summed E-state index contributed by atoms with van der Waals surface area (Å²) in [5, 5.41) is 15.0. The second kappa shape index (κ2) is 9.12. The van der Waals surface area contributed by atoms with Crippen molar-refractivity contribution in [2.45, 2.75) is 50.6 Å². The van der Waals surface area contributed by atoms with Crippen molar-refractivity contribution in [3.63, 3.8) is 0 Å². The number of carbonyl (C=O) groups is 3. The first-order valence-corrected chi connectivity index (χ1v) is 12.1. The van der Waals surface area contributed by atoms with Crippen molar-refractivity contribution < 1.29 is 24.2 Å². The molecule has 2 aromatic carbocycles. The molecule has 5 atom stereocenters. The molecule has 2 saturated carbocycles. The molecule has 34 heavy (non-hydrogen) atoms. The highest BCUT2D eigenvalue weighted by Crippen LogP contribution is 2.49. The number of carboxylic acids is 1. The predicted molar refractivity (Wildman–Crippen MR) is 126 cm³/mol. The number of carboxylic acid groups (broad SMARTS) is 1. The molecular formula is C27H30N2O5. The van der Waals surface area contributed by atoms with Gasteiger partial charge in [0.1, 0.15) is 12.6 Å². The Morgan fingerprint density at radius 2 is 1.65 bits per heavy atom. The molecule has 0 bridgehead atoms. The van der Waals surface area contributed by atoms with Crippen molar-refractivity contribution in [1.29, 1.82) is 0 Å². The summed E-state index contributed by atoms with van der Waals surface area (Å²) in [5.74, 6) is -0.735. The third kappa shape index (κ3) is 4.04. The molecule has 0 aromatic heterocycles. The number of carbonyl (C=O) groups excluding carboxylic acids is 2. The summed E-state index contributed by atoms with van der Waals surface area (Å²) in [7, 11) is 0. The summed E-state index contributed by atoms with van der Waals surface area (Å²) in [6.45, 7) is 2.04. The van der Waals surface area contributed by atoms with Gasteiger partial charge in [0.15, 0.2) is 0 Å². The van der Waals surface area contributed by atoms with E-state index in [1.807, 2.05) is 31.2 Å². The first-order valence-electron chi connectivity index (χ1n) is 12.1. The Hall–Kier alpha value is -3.35. The minimum atomic E-state index is -0.747. The normalized spacial score (nSPS) is 25.3. The van der Waals surface area contributed by atoms with Gasteiger partial charge in [0.25, 0.3) is 0 Å². The van der Waals surface area contributed by atoms with Crippen LogP contribution in [0.15, 0.2) is 48.5 Å². The quantitative estimate of drug-likeness (QED) is 0.579. The fourth-order valence-corrected chi connectivity index (χ4v) is 6.01. The largest absolute Gasteiger partial charge is 0.481 e.